The highest BCUT2D eigenvalue weighted by molar-refractivity contribution is 7.13. The Morgan fingerprint density at radius 1 is 1.18 bits per heavy atom. The highest BCUT2D eigenvalue weighted by Gasteiger charge is 2.28. The number of hydrogen-bond acceptors (Lipinski definition) is 5. The molecule has 0 radical (unpaired) electrons. The van der Waals surface area contributed by atoms with Crippen LogP contribution < -0.4 is 0 Å². The molecule has 0 amide bonds. The number of pyridine rings is 1. The number of esters is 1. The number of aromatic nitrogens is 2. The number of ether oxygens (including phenoxy) is 1. The largest absolute Gasteiger partial charge is 0.454 e. The van der Waals surface area contributed by atoms with E-state index in [1.807, 2.05) is 37.4 Å². The van der Waals surface area contributed by atoms with E-state index in [4.69, 9.17) is 4.74 Å². The number of carbonyl (C=O) groups excluding carboxylic acids is 2. The average molecular weight is 394 g/mol. The minimum atomic E-state index is -0.521. The van der Waals surface area contributed by atoms with Gasteiger partial charge in [-0.2, -0.15) is 0 Å². The fraction of sp³-hybridized carbons (Fsp3) is 0.318. The molecule has 0 bridgehead atoms. The lowest BCUT2D eigenvalue weighted by molar-refractivity contribution is 0.0473. The molecule has 0 N–H and O–H groups in total. The van der Waals surface area contributed by atoms with Crippen LogP contribution in [-0.4, -0.2) is 27.9 Å². The van der Waals surface area contributed by atoms with Gasteiger partial charge in [-0.05, 0) is 63.3 Å². The van der Waals surface area contributed by atoms with Gasteiger partial charge in [0.05, 0.1) is 21.8 Å². The third kappa shape index (κ3) is 3.52. The van der Waals surface area contributed by atoms with Crippen molar-refractivity contribution in [3.8, 4) is 10.6 Å². The van der Waals surface area contributed by atoms with Crippen LogP contribution in [-0.2, 0) is 4.74 Å². The van der Waals surface area contributed by atoms with Crippen molar-refractivity contribution in [3.63, 3.8) is 0 Å². The van der Waals surface area contributed by atoms with Gasteiger partial charge in [-0.3, -0.25) is 9.78 Å². The van der Waals surface area contributed by atoms with Crippen molar-refractivity contribution in [3.05, 3.63) is 63.9 Å². The molecule has 0 unspecified atom stereocenters. The van der Waals surface area contributed by atoms with Gasteiger partial charge in [0.15, 0.2) is 6.61 Å². The first-order valence-electron chi connectivity index (χ1n) is 9.36. The van der Waals surface area contributed by atoms with E-state index >= 15 is 0 Å². The average Bonchev–Trinajstić information content (AvgIpc) is 3.24. The minimum absolute atomic E-state index is 0.172. The van der Waals surface area contributed by atoms with Crippen LogP contribution in [0.15, 0.2) is 35.7 Å². The lowest BCUT2D eigenvalue weighted by Crippen LogP contribution is -2.16. The molecule has 1 saturated carbocycles. The van der Waals surface area contributed by atoms with E-state index in [9.17, 15) is 9.59 Å². The summed E-state index contributed by atoms with van der Waals surface area (Å²) in [6, 6.07) is 9.88. The Labute approximate surface area is 168 Å². The lowest BCUT2D eigenvalue weighted by atomic mass is 10.1. The monoisotopic (exact) mass is 394 g/mol. The van der Waals surface area contributed by atoms with Crippen molar-refractivity contribution >= 4 is 23.1 Å². The quantitative estimate of drug-likeness (QED) is 0.440. The van der Waals surface area contributed by atoms with Crippen LogP contribution >= 0.6 is 11.3 Å². The first-order valence-corrected chi connectivity index (χ1v) is 10.2. The maximum absolute atomic E-state index is 12.6. The van der Waals surface area contributed by atoms with Crippen molar-refractivity contribution in [2.45, 2.75) is 39.7 Å². The third-order valence-corrected chi connectivity index (χ3v) is 6.00. The SMILES string of the molecule is Cc1nc(-c2cccs2)ccc1C(=O)OCC(=O)c1cc(C)n(C2CC2)c1C. The molecule has 3 aromatic rings. The van der Waals surface area contributed by atoms with Crippen LogP contribution in [0.2, 0.25) is 0 Å². The Hall–Kier alpha value is -2.73. The third-order valence-electron chi connectivity index (χ3n) is 5.11. The van der Waals surface area contributed by atoms with Crippen LogP contribution in [0.3, 0.4) is 0 Å². The topological polar surface area (TPSA) is 61.2 Å². The van der Waals surface area contributed by atoms with Crippen LogP contribution in [0.1, 0.15) is 56.7 Å². The van der Waals surface area contributed by atoms with Gasteiger partial charge in [0.1, 0.15) is 0 Å². The van der Waals surface area contributed by atoms with Gasteiger partial charge < -0.3 is 9.30 Å². The number of hydrogen-bond donors (Lipinski definition) is 0. The molecule has 1 aliphatic carbocycles. The lowest BCUT2D eigenvalue weighted by Gasteiger charge is -2.09. The summed E-state index contributed by atoms with van der Waals surface area (Å²) in [6.45, 7) is 5.48. The highest BCUT2D eigenvalue weighted by atomic mass is 32.1. The predicted molar refractivity (Wildman–Crippen MR) is 109 cm³/mol. The molecule has 1 fully saturated rings. The number of thiophene rings is 1. The summed E-state index contributed by atoms with van der Waals surface area (Å²) in [5.41, 5.74) is 4.48. The molecule has 3 aromatic heterocycles. The summed E-state index contributed by atoms with van der Waals surface area (Å²) < 4.78 is 7.52. The first kappa shape index (κ1) is 18.6. The number of nitrogens with zero attached hydrogens (tertiary/aromatic N) is 2. The van der Waals surface area contributed by atoms with Crippen LogP contribution in [0.4, 0.5) is 0 Å². The summed E-state index contributed by atoms with van der Waals surface area (Å²) in [5, 5.41) is 1.99. The zero-order valence-corrected chi connectivity index (χ0v) is 17.0. The van der Waals surface area contributed by atoms with Crippen molar-refractivity contribution in [1.29, 1.82) is 0 Å². The van der Waals surface area contributed by atoms with E-state index < -0.39 is 5.97 Å². The van der Waals surface area contributed by atoms with Crippen molar-refractivity contribution in [2.75, 3.05) is 6.61 Å². The van der Waals surface area contributed by atoms with E-state index in [-0.39, 0.29) is 12.4 Å². The summed E-state index contributed by atoms with van der Waals surface area (Å²) in [5.74, 6) is -0.693. The van der Waals surface area contributed by atoms with E-state index in [1.165, 1.54) is 0 Å². The molecule has 5 nitrogen and oxygen atoms in total. The standard InChI is InChI=1S/C22H22N2O3S/c1-13-11-18(15(3)24(13)16-6-7-16)20(25)12-27-22(26)17-8-9-19(23-14(17)2)21-5-4-10-28-21/h4-5,8-11,16H,6-7,12H2,1-3H3. The Bertz CT molecular complexity index is 1050. The van der Waals surface area contributed by atoms with Crippen LogP contribution in [0, 0.1) is 20.8 Å². The zero-order chi connectivity index (χ0) is 19.8. The molecule has 3 heterocycles. The second-order valence-corrected chi connectivity index (χ2v) is 8.14. The smallest absolute Gasteiger partial charge is 0.340 e. The second-order valence-electron chi connectivity index (χ2n) is 7.19. The Morgan fingerprint density at radius 3 is 2.61 bits per heavy atom. The minimum Gasteiger partial charge on any atom is -0.454 e. The van der Waals surface area contributed by atoms with Crippen LogP contribution in [0.25, 0.3) is 10.6 Å². The van der Waals surface area contributed by atoms with Gasteiger partial charge >= 0.3 is 5.97 Å². The molecule has 1 aliphatic rings. The molecule has 6 heteroatoms. The second kappa shape index (κ2) is 7.36. The molecule has 0 aliphatic heterocycles. The Morgan fingerprint density at radius 2 is 1.96 bits per heavy atom. The van der Waals surface area contributed by atoms with Gasteiger partial charge in [-0.15, -0.1) is 11.3 Å². The van der Waals surface area contributed by atoms with Crippen LogP contribution in [0.5, 0.6) is 0 Å². The van der Waals surface area contributed by atoms with Gasteiger partial charge in [0.2, 0.25) is 5.78 Å². The molecule has 0 atom stereocenters. The number of ketones is 1. The summed E-state index contributed by atoms with van der Waals surface area (Å²) in [6.07, 6.45) is 2.32. The molecular formula is C22H22N2O3S. The fourth-order valence-corrected chi connectivity index (χ4v) is 4.27. The molecule has 0 aromatic carbocycles. The van der Waals surface area contributed by atoms with E-state index in [0.717, 1.165) is 34.8 Å². The maximum atomic E-state index is 12.6. The van der Waals surface area contributed by atoms with Gasteiger partial charge in [0.25, 0.3) is 0 Å². The van der Waals surface area contributed by atoms with Gasteiger partial charge in [0, 0.05) is 23.0 Å². The van der Waals surface area contributed by atoms with Gasteiger partial charge in [-0.25, -0.2) is 4.79 Å². The summed E-state index contributed by atoms with van der Waals surface area (Å²) in [7, 11) is 0. The maximum Gasteiger partial charge on any atom is 0.340 e. The van der Waals surface area contributed by atoms with E-state index in [1.54, 1.807) is 30.4 Å². The number of Topliss-reactive ketones (excluding diaryl/α,β-unsaturated/α-hetero) is 1. The molecule has 144 valence electrons. The van der Waals surface area contributed by atoms with Crippen molar-refractivity contribution in [2.24, 2.45) is 0 Å². The van der Waals surface area contributed by atoms with Crippen molar-refractivity contribution < 1.29 is 14.3 Å². The molecule has 4 rings (SSSR count). The number of rotatable bonds is 6. The summed E-state index contributed by atoms with van der Waals surface area (Å²) in [4.78, 5) is 30.6. The summed E-state index contributed by atoms with van der Waals surface area (Å²) >= 11 is 1.60. The number of aryl methyl sites for hydroxylation is 2. The van der Waals surface area contributed by atoms with Gasteiger partial charge in [-0.1, -0.05) is 6.07 Å². The van der Waals surface area contributed by atoms with Crippen molar-refractivity contribution in [1.82, 2.24) is 9.55 Å². The highest BCUT2D eigenvalue weighted by Crippen LogP contribution is 2.38. The van der Waals surface area contributed by atoms with E-state index in [0.29, 0.717) is 22.9 Å². The molecule has 0 saturated heterocycles. The molecule has 28 heavy (non-hydrogen) atoms. The first-order chi connectivity index (χ1) is 13.5. The Kier molecular flexibility index (Phi) is 4.89. The Balaban J connectivity index is 1.44. The molecule has 0 spiro atoms. The zero-order valence-electron chi connectivity index (χ0n) is 16.2. The van der Waals surface area contributed by atoms with E-state index in [2.05, 4.69) is 9.55 Å². The molecular weight excluding hydrogens is 372 g/mol. The fourth-order valence-electron chi connectivity index (χ4n) is 3.58. The predicted octanol–water partition coefficient (Wildman–Crippen LogP) is 4.91. The normalized spacial score (nSPS) is 13.5. The number of carbonyl (C=O) groups is 2.